The molecule has 18 heavy (non-hydrogen) atoms. The molecule has 1 aromatic rings. The summed E-state index contributed by atoms with van der Waals surface area (Å²) in [4.78, 5) is 5.23. The molecule has 0 amide bonds. The molecule has 3 rings (SSSR count). The van der Waals surface area contributed by atoms with Crippen molar-refractivity contribution < 1.29 is 5.11 Å². The van der Waals surface area contributed by atoms with Crippen LogP contribution in [0.4, 0.5) is 0 Å². The predicted molar refractivity (Wildman–Crippen MR) is 72.6 cm³/mol. The van der Waals surface area contributed by atoms with Crippen molar-refractivity contribution in [3.63, 3.8) is 0 Å². The molecule has 1 N–H and O–H groups in total. The van der Waals surface area contributed by atoms with Crippen LogP contribution in [0.15, 0.2) is 24.3 Å². The first-order valence-corrected chi connectivity index (χ1v) is 6.98. The van der Waals surface area contributed by atoms with Crippen molar-refractivity contribution in [2.24, 2.45) is 0 Å². The number of fused-ring (bicyclic) bond motifs is 1. The number of hydrogen-bond donors (Lipinski definition) is 1. The number of piperazine rings is 1. The Hall–Kier alpha value is -1.06. The van der Waals surface area contributed by atoms with Gasteiger partial charge in [-0.15, -0.1) is 0 Å². The number of benzene rings is 1. The second kappa shape index (κ2) is 4.90. The van der Waals surface area contributed by atoms with Gasteiger partial charge in [-0.1, -0.05) is 12.1 Å². The van der Waals surface area contributed by atoms with Crippen LogP contribution in [0.5, 0.6) is 5.75 Å². The molecule has 1 aromatic carbocycles. The smallest absolute Gasteiger partial charge is 0.115 e. The van der Waals surface area contributed by atoms with E-state index in [0.29, 0.717) is 11.8 Å². The summed E-state index contributed by atoms with van der Waals surface area (Å²) in [6.45, 7) is 7.04. The highest BCUT2D eigenvalue weighted by Gasteiger charge is 2.34. The van der Waals surface area contributed by atoms with Crippen molar-refractivity contribution in [1.82, 2.24) is 9.80 Å². The number of hydrogen-bond acceptors (Lipinski definition) is 3. The van der Waals surface area contributed by atoms with Crippen LogP contribution < -0.4 is 0 Å². The van der Waals surface area contributed by atoms with Crippen molar-refractivity contribution in [3.05, 3.63) is 29.8 Å². The van der Waals surface area contributed by atoms with Crippen molar-refractivity contribution >= 4 is 0 Å². The van der Waals surface area contributed by atoms with E-state index >= 15 is 0 Å². The van der Waals surface area contributed by atoms with Crippen molar-refractivity contribution in [2.75, 3.05) is 19.6 Å². The summed E-state index contributed by atoms with van der Waals surface area (Å²) in [6, 6.07) is 9.04. The van der Waals surface area contributed by atoms with Crippen LogP contribution in [-0.2, 0) is 6.54 Å². The fourth-order valence-corrected chi connectivity index (χ4v) is 3.30. The van der Waals surface area contributed by atoms with Crippen molar-refractivity contribution in [3.8, 4) is 5.75 Å². The Labute approximate surface area is 109 Å². The first-order valence-electron chi connectivity index (χ1n) is 6.98. The molecule has 2 aliphatic heterocycles. The zero-order chi connectivity index (χ0) is 12.5. The SMILES string of the molecule is CC1CN2CCCC2CN1Cc1ccc(O)cc1. The van der Waals surface area contributed by atoms with Gasteiger partial charge in [-0.25, -0.2) is 0 Å². The van der Waals surface area contributed by atoms with Gasteiger partial charge in [-0.05, 0) is 44.0 Å². The molecule has 0 aromatic heterocycles. The molecule has 2 saturated heterocycles. The minimum Gasteiger partial charge on any atom is -0.508 e. The molecular weight excluding hydrogens is 224 g/mol. The van der Waals surface area contributed by atoms with Gasteiger partial charge in [0, 0.05) is 31.7 Å². The molecule has 3 nitrogen and oxygen atoms in total. The van der Waals surface area contributed by atoms with E-state index in [1.807, 2.05) is 12.1 Å². The maximum atomic E-state index is 9.32. The van der Waals surface area contributed by atoms with E-state index in [1.54, 1.807) is 12.1 Å². The number of phenolic OH excluding ortho intramolecular Hbond substituents is 1. The van der Waals surface area contributed by atoms with Gasteiger partial charge in [0.1, 0.15) is 5.75 Å². The highest BCUT2D eigenvalue weighted by atomic mass is 16.3. The van der Waals surface area contributed by atoms with Gasteiger partial charge < -0.3 is 5.11 Å². The van der Waals surface area contributed by atoms with Crippen molar-refractivity contribution in [2.45, 2.75) is 38.4 Å². The minimum absolute atomic E-state index is 0.354. The molecule has 2 aliphatic rings. The number of rotatable bonds is 2. The second-order valence-corrected chi connectivity index (χ2v) is 5.74. The zero-order valence-corrected chi connectivity index (χ0v) is 11.0. The molecule has 2 unspecified atom stereocenters. The molecular formula is C15H22N2O. The molecule has 3 heteroatoms. The summed E-state index contributed by atoms with van der Waals surface area (Å²) in [6.07, 6.45) is 2.73. The van der Waals surface area contributed by atoms with Gasteiger partial charge in [-0.3, -0.25) is 9.80 Å². The van der Waals surface area contributed by atoms with E-state index in [4.69, 9.17) is 0 Å². The van der Waals surface area contributed by atoms with Gasteiger partial charge in [0.15, 0.2) is 0 Å². The van der Waals surface area contributed by atoms with Crippen LogP contribution in [0.3, 0.4) is 0 Å². The summed E-state index contributed by atoms with van der Waals surface area (Å²) in [5.74, 6) is 0.354. The third-order valence-corrected chi connectivity index (χ3v) is 4.39. The zero-order valence-electron chi connectivity index (χ0n) is 11.0. The Kier molecular flexibility index (Phi) is 3.27. The summed E-state index contributed by atoms with van der Waals surface area (Å²) in [5, 5.41) is 9.32. The highest BCUT2D eigenvalue weighted by molar-refractivity contribution is 5.25. The first-order chi connectivity index (χ1) is 8.72. The molecule has 0 saturated carbocycles. The minimum atomic E-state index is 0.354. The Balaban J connectivity index is 1.66. The van der Waals surface area contributed by atoms with E-state index in [0.717, 1.165) is 12.6 Å². The fraction of sp³-hybridized carbons (Fsp3) is 0.600. The number of nitrogens with zero attached hydrogens (tertiary/aromatic N) is 2. The summed E-state index contributed by atoms with van der Waals surface area (Å²) >= 11 is 0. The average molecular weight is 246 g/mol. The Morgan fingerprint density at radius 3 is 2.78 bits per heavy atom. The van der Waals surface area contributed by atoms with Crippen LogP contribution in [0, 0.1) is 0 Å². The molecule has 2 heterocycles. The number of phenols is 1. The normalized spacial score (nSPS) is 29.4. The van der Waals surface area contributed by atoms with Gasteiger partial charge in [-0.2, -0.15) is 0 Å². The molecule has 98 valence electrons. The largest absolute Gasteiger partial charge is 0.508 e. The molecule has 0 bridgehead atoms. The molecule has 0 spiro atoms. The Bertz CT molecular complexity index is 403. The maximum Gasteiger partial charge on any atom is 0.115 e. The van der Waals surface area contributed by atoms with E-state index in [9.17, 15) is 5.11 Å². The quantitative estimate of drug-likeness (QED) is 0.865. The van der Waals surface area contributed by atoms with Crippen LogP contribution in [0.2, 0.25) is 0 Å². The first kappa shape index (κ1) is 12.0. The lowest BCUT2D eigenvalue weighted by Crippen LogP contribution is -2.54. The molecule has 2 atom stereocenters. The van der Waals surface area contributed by atoms with Crippen LogP contribution in [0.25, 0.3) is 0 Å². The van der Waals surface area contributed by atoms with Gasteiger partial charge in [0.05, 0.1) is 0 Å². The lowest BCUT2D eigenvalue weighted by atomic mass is 10.1. The van der Waals surface area contributed by atoms with Gasteiger partial charge in [0.2, 0.25) is 0 Å². The third-order valence-electron chi connectivity index (χ3n) is 4.39. The average Bonchev–Trinajstić information content (AvgIpc) is 2.79. The van der Waals surface area contributed by atoms with Gasteiger partial charge in [0.25, 0.3) is 0 Å². The molecule has 2 fully saturated rings. The van der Waals surface area contributed by atoms with E-state index in [2.05, 4.69) is 16.7 Å². The lowest BCUT2D eigenvalue weighted by molar-refractivity contribution is 0.0540. The van der Waals surface area contributed by atoms with Gasteiger partial charge >= 0.3 is 0 Å². The van der Waals surface area contributed by atoms with Crippen molar-refractivity contribution in [1.29, 1.82) is 0 Å². The Morgan fingerprint density at radius 2 is 2.00 bits per heavy atom. The summed E-state index contributed by atoms with van der Waals surface area (Å²) < 4.78 is 0. The predicted octanol–water partition coefficient (Wildman–Crippen LogP) is 2.06. The summed E-state index contributed by atoms with van der Waals surface area (Å²) in [5.41, 5.74) is 1.30. The topological polar surface area (TPSA) is 26.7 Å². The van der Waals surface area contributed by atoms with Crippen LogP contribution >= 0.6 is 0 Å². The molecule has 0 aliphatic carbocycles. The fourth-order valence-electron chi connectivity index (χ4n) is 3.30. The highest BCUT2D eigenvalue weighted by Crippen LogP contribution is 2.25. The van der Waals surface area contributed by atoms with E-state index in [1.165, 1.54) is 38.0 Å². The standard InChI is InChI=1S/C15H22N2O/c1-12-9-16-8-2-3-14(16)11-17(12)10-13-4-6-15(18)7-5-13/h4-7,12,14,18H,2-3,8-11H2,1H3. The van der Waals surface area contributed by atoms with E-state index in [-0.39, 0.29) is 0 Å². The van der Waals surface area contributed by atoms with Crippen LogP contribution in [0.1, 0.15) is 25.3 Å². The van der Waals surface area contributed by atoms with Crippen LogP contribution in [-0.4, -0.2) is 46.6 Å². The third kappa shape index (κ3) is 2.38. The second-order valence-electron chi connectivity index (χ2n) is 5.74. The Morgan fingerprint density at radius 1 is 1.22 bits per heavy atom. The number of aromatic hydroxyl groups is 1. The maximum absolute atomic E-state index is 9.32. The summed E-state index contributed by atoms with van der Waals surface area (Å²) in [7, 11) is 0. The monoisotopic (exact) mass is 246 g/mol. The lowest BCUT2D eigenvalue weighted by Gasteiger charge is -2.42. The molecule has 0 radical (unpaired) electrons. The van der Waals surface area contributed by atoms with E-state index < -0.39 is 0 Å².